The van der Waals surface area contributed by atoms with E-state index < -0.39 is 51.7 Å². The van der Waals surface area contributed by atoms with Crippen LogP contribution in [0.25, 0.3) is 0 Å². The first-order valence-corrected chi connectivity index (χ1v) is 19.3. The monoisotopic (exact) mass is 724 g/mol. The average Bonchev–Trinajstić information content (AvgIpc) is 2.60. The Morgan fingerprint density at radius 1 is 0.378 bits per heavy atom. The fourth-order valence-corrected chi connectivity index (χ4v) is 7.66. The van der Waals surface area contributed by atoms with E-state index in [1.807, 2.05) is 125 Å². The van der Waals surface area contributed by atoms with Gasteiger partial charge in [0.2, 0.25) is 0 Å². The SMILES string of the molecule is CC(C)(C)O[Si](O)(OC(C)(C)C)OC(C)(C)C.CC(C)(C)O[Si](O)(OC(C)(C)C)OC(C)(C)C.CCCCO.CCCCO.[Ti]. The Labute approximate surface area is 296 Å². The van der Waals surface area contributed by atoms with Gasteiger partial charge in [-0.15, -0.1) is 0 Å². The van der Waals surface area contributed by atoms with Gasteiger partial charge >= 0.3 is 18.1 Å². The maximum absolute atomic E-state index is 10.5. The maximum atomic E-state index is 10.5. The van der Waals surface area contributed by atoms with Gasteiger partial charge in [0, 0.05) is 34.9 Å². The minimum atomic E-state index is -3.66. The number of hydrogen-bond donors (Lipinski definition) is 4. The van der Waals surface area contributed by atoms with Crippen LogP contribution in [0.15, 0.2) is 0 Å². The summed E-state index contributed by atoms with van der Waals surface area (Å²) in [5.41, 5.74) is -3.10. The summed E-state index contributed by atoms with van der Waals surface area (Å²) in [4.78, 5) is 21.0. The molecule has 0 radical (unpaired) electrons. The summed E-state index contributed by atoms with van der Waals surface area (Å²) in [6.45, 7) is 38.3. The van der Waals surface area contributed by atoms with Crippen molar-refractivity contribution in [2.75, 3.05) is 13.2 Å². The predicted molar refractivity (Wildman–Crippen MR) is 185 cm³/mol. The third-order valence-electron chi connectivity index (χ3n) is 3.63. The molecule has 0 amide bonds. The Morgan fingerprint density at radius 2 is 0.511 bits per heavy atom. The molecule has 0 aliphatic heterocycles. The predicted octanol–water partition coefficient (Wildman–Crippen LogP) is 7.27. The van der Waals surface area contributed by atoms with Crippen molar-refractivity contribution in [1.82, 2.24) is 0 Å². The van der Waals surface area contributed by atoms with Crippen molar-refractivity contribution >= 4 is 18.1 Å². The number of aliphatic hydroxyl groups excluding tert-OH is 2. The van der Waals surface area contributed by atoms with Gasteiger partial charge in [-0.25, -0.2) is 0 Å². The molecular weight excluding hydrogens is 648 g/mol. The van der Waals surface area contributed by atoms with Crippen LogP contribution < -0.4 is 0 Å². The van der Waals surface area contributed by atoms with Crippen LogP contribution in [0.5, 0.6) is 0 Å². The molecule has 0 aromatic rings. The quantitative estimate of drug-likeness (QED) is 0.170. The molecule has 0 aromatic carbocycles. The Kier molecular flexibility index (Phi) is 28.5. The zero-order chi connectivity index (χ0) is 36.5. The summed E-state index contributed by atoms with van der Waals surface area (Å²) >= 11 is 0. The molecule has 4 N–H and O–H groups in total. The van der Waals surface area contributed by atoms with E-state index in [1.54, 1.807) is 0 Å². The maximum Gasteiger partial charge on any atom is 0.678 e. The second-order valence-corrected chi connectivity index (χ2v) is 19.8. The van der Waals surface area contributed by atoms with Crippen LogP contribution in [-0.2, 0) is 48.3 Å². The van der Waals surface area contributed by atoms with Crippen LogP contribution in [-0.4, -0.2) is 84.7 Å². The van der Waals surface area contributed by atoms with Gasteiger partial charge in [-0.2, -0.15) is 0 Å². The molecule has 0 heterocycles. The van der Waals surface area contributed by atoms with E-state index in [-0.39, 0.29) is 21.7 Å². The van der Waals surface area contributed by atoms with E-state index >= 15 is 0 Å². The molecule has 0 saturated heterocycles. The molecule has 0 aliphatic rings. The second-order valence-electron chi connectivity index (χ2n) is 16.5. The minimum Gasteiger partial charge on any atom is -0.396 e. The zero-order valence-corrected chi connectivity index (χ0v) is 36.5. The molecule has 10 nitrogen and oxygen atoms in total. The minimum absolute atomic E-state index is 0. The Morgan fingerprint density at radius 3 is 0.556 bits per heavy atom. The van der Waals surface area contributed by atoms with E-state index in [4.69, 9.17) is 36.8 Å². The number of unbranched alkanes of at least 4 members (excludes halogenated alkanes) is 2. The fourth-order valence-electron chi connectivity index (χ4n) is 2.76. The summed E-state index contributed by atoms with van der Waals surface area (Å²) in [6.07, 6.45) is 4.08. The van der Waals surface area contributed by atoms with E-state index in [0.717, 1.165) is 25.7 Å². The van der Waals surface area contributed by atoms with E-state index in [2.05, 4.69) is 13.8 Å². The van der Waals surface area contributed by atoms with Crippen LogP contribution in [0, 0.1) is 0 Å². The van der Waals surface area contributed by atoms with E-state index in [1.165, 1.54) is 0 Å². The largest absolute Gasteiger partial charge is 0.678 e. The van der Waals surface area contributed by atoms with Crippen molar-refractivity contribution in [2.24, 2.45) is 0 Å². The smallest absolute Gasteiger partial charge is 0.396 e. The van der Waals surface area contributed by atoms with Gasteiger partial charge < -0.3 is 46.4 Å². The Hall–Kier alpha value is 0.748. The molecule has 0 saturated carbocycles. The number of aliphatic hydroxyl groups is 2. The van der Waals surface area contributed by atoms with Gasteiger partial charge in [0.05, 0.1) is 33.6 Å². The topological polar surface area (TPSA) is 136 Å². The standard InChI is InChI=1S/2C12H28O4Si.2C4H10O.Ti/c2*1-10(2,3)14-17(13,15-11(4,5)6)16-12(7,8)9;2*1-2-3-4-5;/h2*13H,1-9H3;2*5H,2-4H2,1H3;. The Balaban J connectivity index is -0.000000179. The second kappa shape index (κ2) is 23.2. The first-order valence-electron chi connectivity index (χ1n) is 15.9. The van der Waals surface area contributed by atoms with Gasteiger partial charge in [0.15, 0.2) is 0 Å². The van der Waals surface area contributed by atoms with Gasteiger partial charge in [-0.1, -0.05) is 26.7 Å². The summed E-state index contributed by atoms with van der Waals surface area (Å²) in [6, 6.07) is 0. The van der Waals surface area contributed by atoms with E-state index in [9.17, 15) is 9.59 Å². The van der Waals surface area contributed by atoms with Crippen LogP contribution in [0.3, 0.4) is 0 Å². The Bertz CT molecular complexity index is 554. The number of hydrogen-bond acceptors (Lipinski definition) is 10. The molecule has 0 spiro atoms. The molecule has 276 valence electrons. The van der Waals surface area contributed by atoms with Crippen molar-refractivity contribution in [2.45, 2.75) is 198 Å². The summed E-state index contributed by atoms with van der Waals surface area (Å²) in [5.74, 6) is 0. The van der Waals surface area contributed by atoms with Crippen molar-refractivity contribution in [1.29, 1.82) is 0 Å². The summed E-state index contributed by atoms with van der Waals surface area (Å²) in [7, 11) is -7.31. The van der Waals surface area contributed by atoms with Crippen molar-refractivity contribution < 1.29 is 68.1 Å². The molecule has 0 aromatic heterocycles. The first-order chi connectivity index (χ1) is 19.1. The van der Waals surface area contributed by atoms with Gasteiger partial charge in [0.1, 0.15) is 0 Å². The third kappa shape index (κ3) is 49.2. The molecule has 13 heteroatoms. The van der Waals surface area contributed by atoms with Gasteiger partial charge in [-0.05, 0) is 137 Å². The van der Waals surface area contributed by atoms with Crippen molar-refractivity contribution in [3.63, 3.8) is 0 Å². The molecule has 0 atom stereocenters. The molecule has 0 rings (SSSR count). The zero-order valence-electron chi connectivity index (χ0n) is 33.0. The normalized spacial score (nSPS) is 13.3. The molecular formula is C32H76O10Si2Ti. The van der Waals surface area contributed by atoms with Gasteiger partial charge in [-0.3, -0.25) is 0 Å². The first kappa shape index (κ1) is 55.2. The fraction of sp³-hybridized carbons (Fsp3) is 1.00. The summed E-state index contributed by atoms with van der Waals surface area (Å²) < 4.78 is 33.8. The molecule has 0 fully saturated rings. The molecule has 0 aliphatic carbocycles. The molecule has 0 unspecified atom stereocenters. The van der Waals surface area contributed by atoms with E-state index in [0.29, 0.717) is 13.2 Å². The molecule has 45 heavy (non-hydrogen) atoms. The summed E-state index contributed by atoms with van der Waals surface area (Å²) in [5, 5.41) is 16.1. The van der Waals surface area contributed by atoms with Gasteiger partial charge in [0.25, 0.3) is 0 Å². The average molecular weight is 725 g/mol. The molecule has 0 bridgehead atoms. The third-order valence-corrected chi connectivity index (χ3v) is 8.86. The van der Waals surface area contributed by atoms with Crippen LogP contribution in [0.2, 0.25) is 0 Å². The van der Waals surface area contributed by atoms with Crippen molar-refractivity contribution in [3.8, 4) is 0 Å². The van der Waals surface area contributed by atoms with Crippen LogP contribution in [0.1, 0.15) is 164 Å². The van der Waals surface area contributed by atoms with Crippen LogP contribution >= 0.6 is 0 Å². The van der Waals surface area contributed by atoms with Crippen LogP contribution in [0.4, 0.5) is 0 Å². The van der Waals surface area contributed by atoms with Crippen molar-refractivity contribution in [3.05, 3.63) is 0 Å². The number of rotatable bonds is 10.